The van der Waals surface area contributed by atoms with Crippen LogP contribution in [0, 0.1) is 0 Å². The summed E-state index contributed by atoms with van der Waals surface area (Å²) in [5.41, 5.74) is 7.25. The zero-order chi connectivity index (χ0) is 21.2. The predicted molar refractivity (Wildman–Crippen MR) is 110 cm³/mol. The first-order valence-electron chi connectivity index (χ1n) is 9.48. The number of benzene rings is 1. The van der Waals surface area contributed by atoms with Crippen LogP contribution in [-0.4, -0.2) is 21.9 Å². The Labute approximate surface area is 172 Å². The molecule has 5 nitrogen and oxygen atoms in total. The van der Waals surface area contributed by atoms with Gasteiger partial charge in [0, 0.05) is 18.4 Å². The van der Waals surface area contributed by atoms with Crippen LogP contribution in [0.25, 0.3) is 0 Å². The van der Waals surface area contributed by atoms with Crippen LogP contribution in [0.4, 0.5) is 8.78 Å². The second-order valence-corrected chi connectivity index (χ2v) is 8.29. The maximum Gasteiger partial charge on any atom is 0.244 e. The molecule has 1 aliphatic heterocycles. The number of thioether (sulfide) groups is 1. The van der Waals surface area contributed by atoms with Crippen molar-refractivity contribution in [2.75, 3.05) is 0 Å². The zero-order valence-corrected chi connectivity index (χ0v) is 17.2. The molecule has 1 aliphatic carbocycles. The number of aryl methyl sites for hydroxylation is 1. The minimum absolute atomic E-state index is 0.0476. The number of nitrogens with two attached hydrogens (primary N) is 1. The summed E-state index contributed by atoms with van der Waals surface area (Å²) in [6.45, 7) is 2.87. The number of amides is 2. The van der Waals surface area contributed by atoms with Crippen molar-refractivity contribution in [2.24, 2.45) is 10.8 Å². The second-order valence-electron chi connectivity index (χ2n) is 7.02. The van der Waals surface area contributed by atoms with Gasteiger partial charge >= 0.3 is 0 Å². The van der Waals surface area contributed by atoms with Gasteiger partial charge in [0.15, 0.2) is 0 Å². The van der Waals surface area contributed by atoms with Gasteiger partial charge in [-0.05, 0) is 43.4 Å². The molecule has 0 saturated heterocycles. The summed E-state index contributed by atoms with van der Waals surface area (Å²) in [7, 11) is 0. The first-order chi connectivity index (χ1) is 13.8. The SMILES string of the molecule is CC/C(F)=C(\C=C(/C)F)C1=NN(C(=O)CCC(N)=O)C2(CCc3ccccc32)S1. The lowest BCUT2D eigenvalue weighted by atomic mass is 10.1. The molecule has 0 radical (unpaired) electrons. The lowest BCUT2D eigenvalue weighted by Crippen LogP contribution is -2.40. The zero-order valence-electron chi connectivity index (χ0n) is 16.4. The van der Waals surface area contributed by atoms with E-state index in [1.54, 1.807) is 6.92 Å². The Kier molecular flexibility index (Phi) is 6.21. The highest BCUT2D eigenvalue weighted by atomic mass is 32.2. The molecule has 8 heteroatoms. The molecular formula is C21H23F2N3O2S. The Bertz CT molecular complexity index is 938. The molecule has 1 spiro atoms. The Morgan fingerprint density at radius 3 is 2.69 bits per heavy atom. The van der Waals surface area contributed by atoms with E-state index >= 15 is 0 Å². The predicted octanol–water partition coefficient (Wildman–Crippen LogP) is 4.45. The van der Waals surface area contributed by atoms with E-state index in [2.05, 4.69) is 5.10 Å². The highest BCUT2D eigenvalue weighted by molar-refractivity contribution is 8.15. The van der Waals surface area contributed by atoms with E-state index in [4.69, 9.17) is 5.73 Å². The fourth-order valence-corrected chi connectivity index (χ4v) is 5.09. The summed E-state index contributed by atoms with van der Waals surface area (Å²) in [6, 6.07) is 7.73. The third-order valence-corrected chi connectivity index (χ3v) is 6.40. The number of rotatable bonds is 6. The molecule has 2 aliphatic rings. The van der Waals surface area contributed by atoms with Crippen molar-refractivity contribution in [3.05, 3.63) is 58.7 Å². The maximum absolute atomic E-state index is 14.6. The fraction of sp³-hybridized carbons (Fsp3) is 0.381. The van der Waals surface area contributed by atoms with Gasteiger partial charge < -0.3 is 5.73 Å². The van der Waals surface area contributed by atoms with Crippen molar-refractivity contribution in [3.8, 4) is 0 Å². The quantitative estimate of drug-likeness (QED) is 0.693. The number of hydrazone groups is 1. The molecule has 1 unspecified atom stereocenters. The van der Waals surface area contributed by atoms with Crippen molar-refractivity contribution in [3.63, 3.8) is 0 Å². The van der Waals surface area contributed by atoms with Crippen molar-refractivity contribution in [1.29, 1.82) is 0 Å². The van der Waals surface area contributed by atoms with E-state index in [-0.39, 0.29) is 35.8 Å². The van der Waals surface area contributed by atoms with Crippen LogP contribution in [-0.2, 0) is 20.9 Å². The average Bonchev–Trinajstić information content (AvgIpc) is 3.26. The molecule has 29 heavy (non-hydrogen) atoms. The van der Waals surface area contributed by atoms with Crippen LogP contribution in [0.1, 0.15) is 50.7 Å². The Morgan fingerprint density at radius 2 is 2.03 bits per heavy atom. The van der Waals surface area contributed by atoms with E-state index in [0.717, 1.165) is 23.6 Å². The molecule has 2 N–H and O–H groups in total. The number of carbonyl (C=O) groups excluding carboxylic acids is 2. The number of nitrogens with zero attached hydrogens (tertiary/aromatic N) is 2. The van der Waals surface area contributed by atoms with E-state index in [1.807, 2.05) is 24.3 Å². The summed E-state index contributed by atoms with van der Waals surface area (Å²) in [6.07, 6.45) is 2.32. The first kappa shape index (κ1) is 21.2. The molecule has 3 rings (SSSR count). The van der Waals surface area contributed by atoms with Crippen LogP contribution in [0.2, 0.25) is 0 Å². The molecule has 154 valence electrons. The lowest BCUT2D eigenvalue weighted by molar-refractivity contribution is -0.136. The number of allylic oxidation sites excluding steroid dienone is 3. The summed E-state index contributed by atoms with van der Waals surface area (Å²) >= 11 is 1.26. The summed E-state index contributed by atoms with van der Waals surface area (Å²) in [4.78, 5) is 23.3. The highest BCUT2D eigenvalue weighted by Crippen LogP contribution is 2.55. The number of carbonyl (C=O) groups is 2. The molecule has 2 amide bonds. The second kappa shape index (κ2) is 8.49. The average molecular weight is 419 g/mol. The van der Waals surface area contributed by atoms with E-state index in [0.29, 0.717) is 6.42 Å². The maximum atomic E-state index is 14.6. The molecule has 0 saturated carbocycles. The molecule has 1 aromatic rings. The van der Waals surface area contributed by atoms with Crippen LogP contribution in [0.3, 0.4) is 0 Å². The molecule has 0 bridgehead atoms. The van der Waals surface area contributed by atoms with Gasteiger partial charge in [-0.3, -0.25) is 9.59 Å². The molecule has 1 aromatic carbocycles. The third-order valence-electron chi connectivity index (χ3n) is 4.97. The van der Waals surface area contributed by atoms with Crippen molar-refractivity contribution < 1.29 is 18.4 Å². The van der Waals surface area contributed by atoms with Crippen molar-refractivity contribution >= 4 is 28.6 Å². The van der Waals surface area contributed by atoms with Crippen LogP contribution >= 0.6 is 11.8 Å². The summed E-state index contributed by atoms with van der Waals surface area (Å²) in [5.74, 6) is -2.00. The molecule has 0 fully saturated rings. The Balaban J connectivity index is 2.08. The van der Waals surface area contributed by atoms with Gasteiger partial charge in [0.25, 0.3) is 0 Å². The van der Waals surface area contributed by atoms with Gasteiger partial charge in [-0.15, -0.1) is 0 Å². The first-order valence-corrected chi connectivity index (χ1v) is 10.3. The van der Waals surface area contributed by atoms with Crippen LogP contribution in [0.5, 0.6) is 0 Å². The third kappa shape index (κ3) is 4.12. The highest BCUT2D eigenvalue weighted by Gasteiger charge is 2.52. The van der Waals surface area contributed by atoms with Gasteiger partial charge in [-0.25, -0.2) is 13.8 Å². The van der Waals surface area contributed by atoms with Gasteiger partial charge in [0.2, 0.25) is 11.8 Å². The van der Waals surface area contributed by atoms with Gasteiger partial charge in [-0.1, -0.05) is 43.0 Å². The normalized spacial score (nSPS) is 21.9. The van der Waals surface area contributed by atoms with Crippen molar-refractivity contribution in [2.45, 2.75) is 50.8 Å². The number of hydrogen-bond acceptors (Lipinski definition) is 4. The number of hydrogen-bond donors (Lipinski definition) is 1. The van der Waals surface area contributed by atoms with Crippen molar-refractivity contribution in [1.82, 2.24) is 5.01 Å². The van der Waals surface area contributed by atoms with Gasteiger partial charge in [0.1, 0.15) is 15.7 Å². The fourth-order valence-electron chi connectivity index (χ4n) is 3.63. The number of fused-ring (bicyclic) bond motifs is 2. The molecule has 1 atom stereocenters. The van der Waals surface area contributed by atoms with Gasteiger partial charge in [0.05, 0.1) is 5.83 Å². The van der Waals surface area contributed by atoms with Crippen LogP contribution in [0.15, 0.2) is 52.7 Å². The van der Waals surface area contributed by atoms with Gasteiger partial charge in [-0.2, -0.15) is 5.10 Å². The topological polar surface area (TPSA) is 75.8 Å². The number of primary amides is 1. The van der Waals surface area contributed by atoms with Crippen LogP contribution < -0.4 is 5.73 Å². The Morgan fingerprint density at radius 1 is 1.31 bits per heavy atom. The summed E-state index contributed by atoms with van der Waals surface area (Å²) in [5, 5.41) is 6.02. The molecule has 1 heterocycles. The van der Waals surface area contributed by atoms with E-state index in [9.17, 15) is 18.4 Å². The number of halogens is 2. The molecule has 0 aromatic heterocycles. The van der Waals surface area contributed by atoms with E-state index in [1.165, 1.54) is 23.7 Å². The Hall–Kier alpha value is -2.48. The minimum Gasteiger partial charge on any atom is -0.370 e. The standard InChI is InChI=1S/C21H23F2N3O2S/c1-3-17(23)15(12-13(2)22)20-25-26(19(28)9-8-18(24)27)21(29-20)11-10-14-6-4-5-7-16(14)21/h4-7,12H,3,8-11H2,1-2H3,(H2,24,27)/b13-12+,17-15-. The molecular weight excluding hydrogens is 396 g/mol. The largest absolute Gasteiger partial charge is 0.370 e. The monoisotopic (exact) mass is 419 g/mol. The summed E-state index contributed by atoms with van der Waals surface area (Å²) < 4.78 is 28.2. The lowest BCUT2D eigenvalue weighted by Gasteiger charge is -2.32. The van der Waals surface area contributed by atoms with E-state index < -0.39 is 22.4 Å². The smallest absolute Gasteiger partial charge is 0.244 e. The minimum atomic E-state index is -0.835.